The smallest absolute Gasteiger partial charge is 0.370 e. The number of aromatic nitrogens is 4. The fourth-order valence-corrected chi connectivity index (χ4v) is 2.71. The Morgan fingerprint density at radius 3 is 2.65 bits per heavy atom. The van der Waals surface area contributed by atoms with E-state index < -0.39 is 17.9 Å². The van der Waals surface area contributed by atoms with Crippen molar-refractivity contribution in [3.63, 3.8) is 0 Å². The standard InChI is InChI=1S/C16H12F3N7/c17-16(18,19)11-6-2-1-5-10(11)13-23-14(20)24-15-22-12(25-26(13)15)9-4-3-7-21-8-9/h1-8,13H,(H3,20,22,23,24,25). The second kappa shape index (κ2) is 5.83. The van der Waals surface area contributed by atoms with Gasteiger partial charge in [0.1, 0.15) is 0 Å². The average molecular weight is 359 g/mol. The second-order valence-electron chi connectivity index (χ2n) is 5.54. The van der Waals surface area contributed by atoms with Crippen molar-refractivity contribution < 1.29 is 13.2 Å². The summed E-state index contributed by atoms with van der Waals surface area (Å²) in [6.07, 6.45) is -2.45. The molecule has 2 aromatic heterocycles. The van der Waals surface area contributed by atoms with E-state index in [4.69, 9.17) is 5.73 Å². The zero-order chi connectivity index (χ0) is 18.3. The van der Waals surface area contributed by atoms with Gasteiger partial charge in [0.25, 0.3) is 0 Å². The summed E-state index contributed by atoms with van der Waals surface area (Å²) in [5.41, 5.74) is 5.51. The number of anilines is 1. The summed E-state index contributed by atoms with van der Waals surface area (Å²) < 4.78 is 41.5. The molecule has 1 unspecified atom stereocenters. The number of hydrogen-bond acceptors (Lipinski definition) is 6. The Balaban J connectivity index is 1.85. The fraction of sp³-hybridized carbons (Fsp3) is 0.125. The van der Waals surface area contributed by atoms with E-state index >= 15 is 0 Å². The molecule has 1 atom stereocenters. The number of aliphatic imine (C=N–C) groups is 1. The number of hydrogen-bond donors (Lipinski definition) is 2. The summed E-state index contributed by atoms with van der Waals surface area (Å²) in [5, 5.41) is 7.03. The zero-order valence-corrected chi connectivity index (χ0v) is 13.1. The summed E-state index contributed by atoms with van der Waals surface area (Å²) in [6.45, 7) is 0. The van der Waals surface area contributed by atoms with E-state index in [1.165, 1.54) is 22.9 Å². The van der Waals surface area contributed by atoms with E-state index in [0.717, 1.165) is 6.07 Å². The number of rotatable bonds is 2. The molecule has 26 heavy (non-hydrogen) atoms. The van der Waals surface area contributed by atoms with E-state index in [1.54, 1.807) is 24.5 Å². The highest BCUT2D eigenvalue weighted by atomic mass is 19.4. The lowest BCUT2D eigenvalue weighted by molar-refractivity contribution is -0.138. The normalized spacial score (nSPS) is 16.6. The number of benzene rings is 1. The fourth-order valence-electron chi connectivity index (χ4n) is 2.71. The molecule has 0 bridgehead atoms. The van der Waals surface area contributed by atoms with E-state index in [2.05, 4.69) is 25.4 Å². The highest BCUT2D eigenvalue weighted by molar-refractivity contribution is 5.92. The van der Waals surface area contributed by atoms with E-state index in [0.29, 0.717) is 11.4 Å². The van der Waals surface area contributed by atoms with Gasteiger partial charge in [0.2, 0.25) is 5.95 Å². The lowest BCUT2D eigenvalue weighted by atomic mass is 10.0. The Bertz CT molecular complexity index is 979. The van der Waals surface area contributed by atoms with Crippen molar-refractivity contribution >= 4 is 11.9 Å². The second-order valence-corrected chi connectivity index (χ2v) is 5.54. The molecule has 3 aromatic rings. The molecule has 0 amide bonds. The SMILES string of the molecule is NC1=NC(c2ccccc2C(F)(F)F)n2nc(-c3cccnc3)nc2N1. The first-order valence-electron chi connectivity index (χ1n) is 7.57. The average Bonchev–Trinajstić information content (AvgIpc) is 3.05. The lowest BCUT2D eigenvalue weighted by Crippen LogP contribution is -2.32. The largest absolute Gasteiger partial charge is 0.416 e. The summed E-state index contributed by atoms with van der Waals surface area (Å²) in [5.74, 6) is 0.475. The van der Waals surface area contributed by atoms with Gasteiger partial charge in [-0.2, -0.15) is 18.2 Å². The molecule has 3 N–H and O–H groups in total. The van der Waals surface area contributed by atoms with Crippen molar-refractivity contribution in [1.29, 1.82) is 0 Å². The van der Waals surface area contributed by atoms with Gasteiger partial charge in [-0.25, -0.2) is 9.67 Å². The maximum atomic E-state index is 13.4. The number of nitrogens with two attached hydrogens (primary N) is 1. The van der Waals surface area contributed by atoms with E-state index in [-0.39, 0.29) is 17.5 Å². The number of nitrogens with zero attached hydrogens (tertiary/aromatic N) is 5. The van der Waals surface area contributed by atoms with Crippen LogP contribution in [0.1, 0.15) is 17.3 Å². The molecule has 1 aliphatic heterocycles. The van der Waals surface area contributed by atoms with Gasteiger partial charge in [0, 0.05) is 23.5 Å². The van der Waals surface area contributed by atoms with Crippen molar-refractivity contribution in [2.45, 2.75) is 12.3 Å². The van der Waals surface area contributed by atoms with Crippen LogP contribution < -0.4 is 11.1 Å². The topological polar surface area (TPSA) is 94.0 Å². The molecule has 132 valence electrons. The first-order valence-corrected chi connectivity index (χ1v) is 7.57. The maximum Gasteiger partial charge on any atom is 0.416 e. The summed E-state index contributed by atoms with van der Waals surface area (Å²) >= 11 is 0. The number of nitrogens with one attached hydrogen (secondary N) is 1. The predicted molar refractivity (Wildman–Crippen MR) is 88.1 cm³/mol. The highest BCUT2D eigenvalue weighted by Crippen LogP contribution is 2.37. The zero-order valence-electron chi connectivity index (χ0n) is 13.1. The monoisotopic (exact) mass is 359 g/mol. The van der Waals surface area contributed by atoms with Crippen LogP contribution in [0.5, 0.6) is 0 Å². The van der Waals surface area contributed by atoms with E-state index in [1.807, 2.05) is 0 Å². The molecule has 1 aromatic carbocycles. The third-order valence-electron chi connectivity index (χ3n) is 3.83. The quantitative estimate of drug-likeness (QED) is 0.734. The Morgan fingerprint density at radius 1 is 1.12 bits per heavy atom. The summed E-state index contributed by atoms with van der Waals surface area (Å²) in [4.78, 5) is 12.4. The van der Waals surface area contributed by atoms with Crippen molar-refractivity contribution in [1.82, 2.24) is 19.7 Å². The van der Waals surface area contributed by atoms with Crippen LogP contribution in [-0.4, -0.2) is 25.7 Å². The summed E-state index contributed by atoms with van der Waals surface area (Å²) in [6, 6.07) is 8.65. The van der Waals surface area contributed by atoms with Gasteiger partial charge in [-0.1, -0.05) is 18.2 Å². The van der Waals surface area contributed by atoms with Crippen molar-refractivity contribution in [3.05, 3.63) is 59.9 Å². The van der Waals surface area contributed by atoms with Gasteiger partial charge < -0.3 is 5.73 Å². The minimum absolute atomic E-state index is 0.0374. The van der Waals surface area contributed by atoms with Crippen LogP contribution in [-0.2, 0) is 6.18 Å². The molecule has 3 heterocycles. The number of alkyl halides is 3. The highest BCUT2D eigenvalue weighted by Gasteiger charge is 2.37. The third-order valence-corrected chi connectivity index (χ3v) is 3.83. The van der Waals surface area contributed by atoms with Crippen LogP contribution in [0.2, 0.25) is 0 Å². The van der Waals surface area contributed by atoms with Crippen molar-refractivity contribution in [3.8, 4) is 11.4 Å². The van der Waals surface area contributed by atoms with Gasteiger partial charge in [0.05, 0.1) is 5.56 Å². The maximum absolute atomic E-state index is 13.4. The third kappa shape index (κ3) is 2.75. The molecule has 4 rings (SSSR count). The van der Waals surface area contributed by atoms with Crippen molar-refractivity contribution in [2.75, 3.05) is 5.32 Å². The minimum atomic E-state index is -4.53. The number of fused-ring (bicyclic) bond motifs is 1. The molecular weight excluding hydrogens is 347 g/mol. The van der Waals surface area contributed by atoms with Crippen LogP contribution in [0.15, 0.2) is 53.8 Å². The van der Waals surface area contributed by atoms with Crippen LogP contribution in [0.3, 0.4) is 0 Å². The Kier molecular flexibility index (Phi) is 3.60. The molecule has 0 spiro atoms. The van der Waals surface area contributed by atoms with Crippen LogP contribution >= 0.6 is 0 Å². The molecule has 10 heteroatoms. The molecule has 0 fully saturated rings. The molecule has 0 aliphatic carbocycles. The van der Waals surface area contributed by atoms with Gasteiger partial charge in [-0.15, -0.1) is 5.10 Å². The molecular formula is C16H12F3N7. The van der Waals surface area contributed by atoms with E-state index in [9.17, 15) is 13.2 Å². The number of guanidine groups is 1. The Labute approximate surface area is 145 Å². The van der Waals surface area contributed by atoms with Gasteiger partial charge in [-0.3, -0.25) is 10.3 Å². The molecule has 0 saturated heterocycles. The van der Waals surface area contributed by atoms with Crippen molar-refractivity contribution in [2.24, 2.45) is 10.7 Å². The Morgan fingerprint density at radius 2 is 1.92 bits per heavy atom. The molecule has 7 nitrogen and oxygen atoms in total. The number of pyridine rings is 1. The van der Waals surface area contributed by atoms with Gasteiger partial charge >= 0.3 is 6.18 Å². The van der Waals surface area contributed by atoms with Gasteiger partial charge in [0.15, 0.2) is 17.9 Å². The summed E-state index contributed by atoms with van der Waals surface area (Å²) in [7, 11) is 0. The molecule has 0 saturated carbocycles. The van der Waals surface area contributed by atoms with Crippen LogP contribution in [0.4, 0.5) is 19.1 Å². The Hall–Kier alpha value is -3.43. The molecule has 1 aliphatic rings. The van der Waals surface area contributed by atoms with Crippen LogP contribution in [0.25, 0.3) is 11.4 Å². The molecule has 0 radical (unpaired) electrons. The predicted octanol–water partition coefficient (Wildman–Crippen LogP) is 2.65. The number of halogens is 3. The van der Waals surface area contributed by atoms with Gasteiger partial charge in [-0.05, 0) is 18.2 Å². The first kappa shape index (κ1) is 16.1. The minimum Gasteiger partial charge on any atom is -0.370 e. The first-order chi connectivity index (χ1) is 12.4. The lowest BCUT2D eigenvalue weighted by Gasteiger charge is -2.23. The van der Waals surface area contributed by atoms with Crippen LogP contribution in [0, 0.1) is 0 Å².